The fraction of sp³-hybridized carbons (Fsp3) is 0.364. The van der Waals surface area contributed by atoms with E-state index < -0.39 is 6.10 Å². The maximum atomic E-state index is 12.9. The number of carbonyl (C=O) groups excluding carboxylic acids is 1. The van der Waals surface area contributed by atoms with E-state index >= 15 is 0 Å². The molecule has 29 heavy (non-hydrogen) atoms. The highest BCUT2D eigenvalue weighted by Crippen LogP contribution is 2.43. The fourth-order valence-corrected chi connectivity index (χ4v) is 4.66. The predicted octanol–water partition coefficient (Wildman–Crippen LogP) is 3.44. The summed E-state index contributed by atoms with van der Waals surface area (Å²) < 4.78 is 6.19. The van der Waals surface area contributed by atoms with E-state index in [-0.39, 0.29) is 11.9 Å². The van der Waals surface area contributed by atoms with Gasteiger partial charge in [-0.15, -0.1) is 0 Å². The zero-order valence-electron chi connectivity index (χ0n) is 16.2. The van der Waals surface area contributed by atoms with Gasteiger partial charge in [0.2, 0.25) is 0 Å². The Hall–Kier alpha value is -2.57. The summed E-state index contributed by atoms with van der Waals surface area (Å²) in [7, 11) is 0. The highest BCUT2D eigenvalue weighted by Gasteiger charge is 2.33. The summed E-state index contributed by atoms with van der Waals surface area (Å²) >= 11 is 6.42. The number of H-pyrrole nitrogens is 1. The topological polar surface area (TPSA) is 79.0 Å². The first-order valence-electron chi connectivity index (χ1n) is 10.0. The van der Waals surface area contributed by atoms with Crippen LogP contribution in [-0.4, -0.2) is 40.6 Å². The molecule has 0 bridgehead atoms. The standard InChI is InChI=1S/C22H23ClN4O2/c1-12-8-15(2-5-24-12)27-22(28)19-10-13-9-14(23)11-18(20(13)29-19)16-3-6-25-21-17(16)4-7-26-21/h3-4,6-7,9,11-12,15,19,24H,2,5,8,10H2,1H3,(H,25,26)(H,27,28)/t12-,15+,19+/m0/s1. The zero-order valence-corrected chi connectivity index (χ0v) is 16.9. The molecule has 2 aromatic heterocycles. The lowest BCUT2D eigenvalue weighted by Gasteiger charge is -2.29. The number of carbonyl (C=O) groups is 1. The summed E-state index contributed by atoms with van der Waals surface area (Å²) in [4.78, 5) is 20.4. The van der Waals surface area contributed by atoms with Crippen LogP contribution in [0.25, 0.3) is 22.2 Å². The number of nitrogens with one attached hydrogen (secondary N) is 3. The Labute approximate surface area is 174 Å². The number of benzene rings is 1. The molecule has 0 aliphatic carbocycles. The van der Waals surface area contributed by atoms with E-state index in [1.54, 1.807) is 6.20 Å². The molecule has 0 radical (unpaired) electrons. The lowest BCUT2D eigenvalue weighted by atomic mass is 9.98. The molecule has 3 N–H and O–H groups in total. The normalized spacial score (nSPS) is 23.6. The Morgan fingerprint density at radius 2 is 2.21 bits per heavy atom. The summed E-state index contributed by atoms with van der Waals surface area (Å²) in [5, 5.41) is 8.21. The van der Waals surface area contributed by atoms with Gasteiger partial charge < -0.3 is 20.4 Å². The Balaban J connectivity index is 1.43. The molecule has 150 valence electrons. The lowest BCUT2D eigenvalue weighted by Crippen LogP contribution is -2.49. The third-order valence-corrected chi connectivity index (χ3v) is 6.03. The number of piperidine rings is 1. The molecule has 5 rings (SSSR count). The second-order valence-electron chi connectivity index (χ2n) is 7.94. The third-order valence-electron chi connectivity index (χ3n) is 5.81. The van der Waals surface area contributed by atoms with Gasteiger partial charge in [-0.25, -0.2) is 4.98 Å². The van der Waals surface area contributed by atoms with Crippen molar-refractivity contribution >= 4 is 28.5 Å². The van der Waals surface area contributed by atoms with E-state index in [1.165, 1.54) is 0 Å². The van der Waals surface area contributed by atoms with Crippen molar-refractivity contribution in [3.05, 3.63) is 47.2 Å². The molecular formula is C22H23ClN4O2. The maximum absolute atomic E-state index is 12.9. The molecule has 1 amide bonds. The van der Waals surface area contributed by atoms with Crippen molar-refractivity contribution < 1.29 is 9.53 Å². The first-order valence-corrected chi connectivity index (χ1v) is 10.4. The number of fused-ring (bicyclic) bond motifs is 2. The molecule has 3 aromatic rings. The smallest absolute Gasteiger partial charge is 0.261 e. The number of halogens is 1. The highest BCUT2D eigenvalue weighted by atomic mass is 35.5. The summed E-state index contributed by atoms with van der Waals surface area (Å²) in [5.41, 5.74) is 3.66. The average Bonchev–Trinajstić information content (AvgIpc) is 3.34. The van der Waals surface area contributed by atoms with Crippen LogP contribution in [0.15, 0.2) is 36.7 Å². The average molecular weight is 411 g/mol. The molecule has 2 aliphatic rings. The third kappa shape index (κ3) is 3.47. The molecule has 6 nitrogen and oxygen atoms in total. The number of amides is 1. The fourth-order valence-electron chi connectivity index (χ4n) is 4.42. The lowest BCUT2D eigenvalue weighted by molar-refractivity contribution is -0.128. The second kappa shape index (κ2) is 7.35. The summed E-state index contributed by atoms with van der Waals surface area (Å²) in [5.74, 6) is 0.686. The summed E-state index contributed by atoms with van der Waals surface area (Å²) in [6.07, 6.45) is 5.50. The minimum Gasteiger partial charge on any atom is -0.479 e. The van der Waals surface area contributed by atoms with Crippen LogP contribution in [0.5, 0.6) is 5.75 Å². The van der Waals surface area contributed by atoms with Gasteiger partial charge in [0.25, 0.3) is 5.91 Å². The van der Waals surface area contributed by atoms with Crippen LogP contribution in [0.3, 0.4) is 0 Å². The van der Waals surface area contributed by atoms with Gasteiger partial charge in [-0.05, 0) is 56.1 Å². The van der Waals surface area contributed by atoms with Gasteiger partial charge in [-0.3, -0.25) is 4.79 Å². The number of aromatic amines is 1. The summed E-state index contributed by atoms with van der Waals surface area (Å²) in [6, 6.07) is 8.34. The molecule has 0 spiro atoms. The van der Waals surface area contributed by atoms with Crippen molar-refractivity contribution in [3.8, 4) is 16.9 Å². The number of hydrogen-bond donors (Lipinski definition) is 3. The Morgan fingerprint density at radius 3 is 3.07 bits per heavy atom. The van der Waals surface area contributed by atoms with Crippen molar-refractivity contribution in [2.24, 2.45) is 0 Å². The van der Waals surface area contributed by atoms with Crippen molar-refractivity contribution in [2.45, 2.75) is 44.4 Å². The molecule has 1 fully saturated rings. The highest BCUT2D eigenvalue weighted by molar-refractivity contribution is 6.31. The quantitative estimate of drug-likeness (QED) is 0.618. The minimum atomic E-state index is -0.532. The van der Waals surface area contributed by atoms with Crippen LogP contribution in [-0.2, 0) is 11.2 Å². The number of nitrogens with zero attached hydrogens (tertiary/aromatic N) is 1. The molecule has 2 aliphatic heterocycles. The molecule has 1 saturated heterocycles. The minimum absolute atomic E-state index is 0.0520. The number of ether oxygens (including phenoxy) is 1. The number of pyridine rings is 1. The van der Waals surface area contributed by atoms with Gasteiger partial charge in [0, 0.05) is 52.4 Å². The number of rotatable bonds is 3. The second-order valence-corrected chi connectivity index (χ2v) is 8.37. The molecular weight excluding hydrogens is 388 g/mol. The maximum Gasteiger partial charge on any atom is 0.261 e. The number of aromatic nitrogens is 2. The Bertz CT molecular complexity index is 1080. The largest absolute Gasteiger partial charge is 0.479 e. The van der Waals surface area contributed by atoms with E-state index in [9.17, 15) is 4.79 Å². The monoisotopic (exact) mass is 410 g/mol. The zero-order chi connectivity index (χ0) is 20.0. The van der Waals surface area contributed by atoms with Crippen LogP contribution >= 0.6 is 11.6 Å². The van der Waals surface area contributed by atoms with E-state index in [0.717, 1.165) is 52.9 Å². The van der Waals surface area contributed by atoms with Gasteiger partial charge in [0.1, 0.15) is 11.4 Å². The van der Waals surface area contributed by atoms with Crippen molar-refractivity contribution in [1.29, 1.82) is 0 Å². The van der Waals surface area contributed by atoms with E-state index in [2.05, 4.69) is 27.5 Å². The van der Waals surface area contributed by atoms with Crippen LogP contribution in [0.1, 0.15) is 25.3 Å². The van der Waals surface area contributed by atoms with E-state index in [0.29, 0.717) is 17.5 Å². The number of hydrogen-bond acceptors (Lipinski definition) is 4. The molecule has 1 aromatic carbocycles. The van der Waals surface area contributed by atoms with Crippen molar-refractivity contribution in [2.75, 3.05) is 6.54 Å². The summed E-state index contributed by atoms with van der Waals surface area (Å²) in [6.45, 7) is 3.07. The molecule has 0 saturated carbocycles. The molecule has 0 unspecified atom stereocenters. The van der Waals surface area contributed by atoms with E-state index in [4.69, 9.17) is 16.3 Å². The molecule has 4 heterocycles. The predicted molar refractivity (Wildman–Crippen MR) is 113 cm³/mol. The SMILES string of the molecule is C[C@H]1C[C@H](NC(=O)[C@H]2Cc3cc(Cl)cc(-c4ccnc5[nH]ccc45)c3O2)CCN1. The first kappa shape index (κ1) is 18.5. The van der Waals surface area contributed by atoms with Crippen molar-refractivity contribution in [3.63, 3.8) is 0 Å². The molecule has 3 atom stereocenters. The van der Waals surface area contributed by atoms with E-state index in [1.807, 2.05) is 30.5 Å². The van der Waals surface area contributed by atoms with Gasteiger partial charge in [0.15, 0.2) is 6.10 Å². The van der Waals surface area contributed by atoms with Crippen LogP contribution in [0.4, 0.5) is 0 Å². The Kier molecular flexibility index (Phi) is 4.68. The van der Waals surface area contributed by atoms with Crippen LogP contribution in [0.2, 0.25) is 5.02 Å². The van der Waals surface area contributed by atoms with Gasteiger partial charge in [-0.2, -0.15) is 0 Å². The first-order chi connectivity index (χ1) is 14.1. The van der Waals surface area contributed by atoms with Crippen LogP contribution < -0.4 is 15.4 Å². The van der Waals surface area contributed by atoms with Crippen LogP contribution in [0, 0.1) is 0 Å². The van der Waals surface area contributed by atoms with Crippen molar-refractivity contribution in [1.82, 2.24) is 20.6 Å². The van der Waals surface area contributed by atoms with Gasteiger partial charge >= 0.3 is 0 Å². The van der Waals surface area contributed by atoms with Gasteiger partial charge in [-0.1, -0.05) is 11.6 Å². The Morgan fingerprint density at radius 1 is 1.31 bits per heavy atom. The molecule has 7 heteroatoms. The van der Waals surface area contributed by atoms with Gasteiger partial charge in [0.05, 0.1) is 0 Å².